The number of halogens is 2. The number of nitrogens with one attached hydrogen (secondary N) is 1. The van der Waals surface area contributed by atoms with Gasteiger partial charge in [-0.3, -0.25) is 0 Å². The molecule has 0 radical (unpaired) electrons. The smallest absolute Gasteiger partial charge is 0.174 e. The zero-order valence-electron chi connectivity index (χ0n) is 16.1. The van der Waals surface area contributed by atoms with Gasteiger partial charge in [0.15, 0.2) is 5.82 Å². The monoisotopic (exact) mass is 395 g/mol. The molecule has 1 fully saturated rings. The number of likely N-dealkylation sites (tertiary alicyclic amines) is 1. The molecular weight excluding hydrogens is 372 g/mol. The Hall–Kier alpha value is -2.93. The number of rotatable bonds is 6. The van der Waals surface area contributed by atoms with Crippen LogP contribution in [0.3, 0.4) is 0 Å². The van der Waals surface area contributed by atoms with Crippen LogP contribution in [0, 0.1) is 11.6 Å². The number of aromatic nitrogens is 4. The van der Waals surface area contributed by atoms with Crippen molar-refractivity contribution in [3.05, 3.63) is 82.7 Å². The van der Waals surface area contributed by atoms with Crippen molar-refractivity contribution in [2.24, 2.45) is 0 Å². The topological polar surface area (TPSA) is 57.7 Å². The third kappa shape index (κ3) is 4.92. The minimum atomic E-state index is -0.256. The number of nitrogens with zero attached hydrogens (tertiary/aromatic N) is 4. The summed E-state index contributed by atoms with van der Waals surface area (Å²) in [6.45, 7) is 2.92. The Morgan fingerprint density at radius 1 is 0.897 bits per heavy atom. The van der Waals surface area contributed by atoms with Crippen molar-refractivity contribution in [3.63, 3.8) is 0 Å². The number of benzene rings is 2. The molecule has 0 spiro atoms. The van der Waals surface area contributed by atoms with Crippen LogP contribution in [0.1, 0.15) is 36.2 Å². The van der Waals surface area contributed by atoms with Crippen molar-refractivity contribution in [1.29, 1.82) is 0 Å². The van der Waals surface area contributed by atoms with Gasteiger partial charge in [-0.15, -0.1) is 10.2 Å². The maximum atomic E-state index is 13.4. The number of hydrogen-bond donors (Lipinski definition) is 1. The zero-order chi connectivity index (χ0) is 20.1. The second kappa shape index (κ2) is 9.05. The number of aromatic amines is 1. The lowest BCUT2D eigenvalue weighted by Gasteiger charge is -2.30. The van der Waals surface area contributed by atoms with E-state index in [-0.39, 0.29) is 11.6 Å². The minimum absolute atomic E-state index is 0.256. The summed E-state index contributed by atoms with van der Waals surface area (Å²) in [5, 5.41) is 14.0. The molecule has 0 atom stereocenters. The summed E-state index contributed by atoms with van der Waals surface area (Å²) in [6.07, 6.45) is 3.67. The SMILES string of the molecule is Fc1ccc(C(=C2CCN(CCCc3nn[nH]n3)CC2)c2ccc(F)cc2)cc1. The molecular formula is C22H23F2N5. The predicted molar refractivity (Wildman–Crippen MR) is 107 cm³/mol. The molecule has 1 aromatic heterocycles. The molecule has 4 rings (SSSR count). The Morgan fingerprint density at radius 3 is 2.00 bits per heavy atom. The highest BCUT2D eigenvalue weighted by atomic mass is 19.1. The van der Waals surface area contributed by atoms with E-state index in [4.69, 9.17) is 0 Å². The molecule has 0 aliphatic carbocycles. The Kier molecular flexibility index (Phi) is 6.05. The van der Waals surface area contributed by atoms with E-state index in [0.29, 0.717) is 0 Å². The third-order valence-corrected chi connectivity index (χ3v) is 5.34. The van der Waals surface area contributed by atoms with Gasteiger partial charge in [0.2, 0.25) is 0 Å². The highest BCUT2D eigenvalue weighted by Crippen LogP contribution is 2.32. The molecule has 29 heavy (non-hydrogen) atoms. The summed E-state index contributed by atoms with van der Waals surface area (Å²) in [7, 11) is 0. The predicted octanol–water partition coefficient (Wildman–Crippen LogP) is 4.01. The number of tetrazole rings is 1. The zero-order valence-corrected chi connectivity index (χ0v) is 16.1. The number of H-pyrrole nitrogens is 1. The molecule has 0 amide bonds. The van der Waals surface area contributed by atoms with Crippen LogP contribution >= 0.6 is 0 Å². The van der Waals surface area contributed by atoms with E-state index in [0.717, 1.165) is 67.8 Å². The van der Waals surface area contributed by atoms with E-state index in [9.17, 15) is 8.78 Å². The van der Waals surface area contributed by atoms with Crippen molar-refractivity contribution in [2.45, 2.75) is 25.7 Å². The lowest BCUT2D eigenvalue weighted by atomic mass is 9.88. The molecule has 7 heteroatoms. The highest BCUT2D eigenvalue weighted by molar-refractivity contribution is 5.82. The maximum absolute atomic E-state index is 13.4. The largest absolute Gasteiger partial charge is 0.303 e. The molecule has 150 valence electrons. The summed E-state index contributed by atoms with van der Waals surface area (Å²) < 4.78 is 26.9. The molecule has 1 N–H and O–H groups in total. The molecule has 1 saturated heterocycles. The fourth-order valence-corrected chi connectivity index (χ4v) is 3.85. The minimum Gasteiger partial charge on any atom is -0.303 e. The Labute approximate surface area is 168 Å². The van der Waals surface area contributed by atoms with Gasteiger partial charge >= 0.3 is 0 Å². The van der Waals surface area contributed by atoms with Crippen molar-refractivity contribution in [1.82, 2.24) is 25.5 Å². The second-order valence-electron chi connectivity index (χ2n) is 7.27. The molecule has 2 aromatic carbocycles. The first-order valence-electron chi connectivity index (χ1n) is 9.87. The molecule has 0 saturated carbocycles. The average molecular weight is 395 g/mol. The van der Waals surface area contributed by atoms with Gasteiger partial charge in [0.05, 0.1) is 0 Å². The molecule has 1 aliphatic rings. The number of aryl methyl sites for hydroxylation is 1. The molecule has 0 bridgehead atoms. The quantitative estimate of drug-likeness (QED) is 0.685. The van der Waals surface area contributed by atoms with Gasteiger partial charge in [0.1, 0.15) is 11.6 Å². The van der Waals surface area contributed by atoms with Crippen LogP contribution in [0.25, 0.3) is 5.57 Å². The van der Waals surface area contributed by atoms with Crippen LogP contribution in [0.2, 0.25) is 0 Å². The van der Waals surface area contributed by atoms with E-state index in [1.54, 1.807) is 24.3 Å². The first-order valence-corrected chi connectivity index (χ1v) is 9.87. The number of piperidine rings is 1. The molecule has 1 aliphatic heterocycles. The van der Waals surface area contributed by atoms with Gasteiger partial charge in [-0.25, -0.2) is 8.78 Å². The second-order valence-corrected chi connectivity index (χ2v) is 7.27. The van der Waals surface area contributed by atoms with E-state index < -0.39 is 0 Å². The van der Waals surface area contributed by atoms with Gasteiger partial charge < -0.3 is 4.90 Å². The summed E-state index contributed by atoms with van der Waals surface area (Å²) in [6, 6.07) is 13.1. The highest BCUT2D eigenvalue weighted by Gasteiger charge is 2.19. The first kappa shape index (κ1) is 19.4. The normalized spacial score (nSPS) is 14.9. The van der Waals surface area contributed by atoms with Crippen molar-refractivity contribution in [2.75, 3.05) is 19.6 Å². The van der Waals surface area contributed by atoms with Gasteiger partial charge in [0.25, 0.3) is 0 Å². The third-order valence-electron chi connectivity index (χ3n) is 5.34. The average Bonchev–Trinajstić information content (AvgIpc) is 3.26. The van der Waals surface area contributed by atoms with Crippen LogP contribution in [0.15, 0.2) is 54.1 Å². The van der Waals surface area contributed by atoms with Crippen LogP contribution in [-0.2, 0) is 6.42 Å². The fourth-order valence-electron chi connectivity index (χ4n) is 3.85. The molecule has 3 aromatic rings. The van der Waals surface area contributed by atoms with E-state index in [2.05, 4.69) is 25.5 Å². The first-order chi connectivity index (χ1) is 14.2. The molecule has 2 heterocycles. The van der Waals surface area contributed by atoms with Gasteiger partial charge in [-0.1, -0.05) is 35.1 Å². The van der Waals surface area contributed by atoms with Crippen LogP contribution in [0.5, 0.6) is 0 Å². The fraction of sp³-hybridized carbons (Fsp3) is 0.318. The van der Waals surface area contributed by atoms with E-state index in [1.807, 2.05) is 0 Å². The lowest BCUT2D eigenvalue weighted by molar-refractivity contribution is 0.253. The van der Waals surface area contributed by atoms with Gasteiger partial charge in [-0.2, -0.15) is 5.21 Å². The van der Waals surface area contributed by atoms with Crippen molar-refractivity contribution >= 4 is 5.57 Å². The summed E-state index contributed by atoms with van der Waals surface area (Å²) >= 11 is 0. The Morgan fingerprint density at radius 2 is 1.48 bits per heavy atom. The van der Waals surface area contributed by atoms with Crippen molar-refractivity contribution < 1.29 is 8.78 Å². The van der Waals surface area contributed by atoms with E-state index >= 15 is 0 Å². The van der Waals surface area contributed by atoms with E-state index in [1.165, 1.54) is 29.8 Å². The summed E-state index contributed by atoms with van der Waals surface area (Å²) in [5.41, 5.74) is 4.37. The number of hydrogen-bond acceptors (Lipinski definition) is 4. The molecule has 5 nitrogen and oxygen atoms in total. The van der Waals surface area contributed by atoms with Gasteiger partial charge in [-0.05, 0) is 66.8 Å². The Balaban J connectivity index is 1.48. The molecule has 0 unspecified atom stereocenters. The lowest BCUT2D eigenvalue weighted by Crippen LogP contribution is -2.32. The summed E-state index contributed by atoms with van der Waals surface area (Å²) in [5.74, 6) is 0.236. The Bertz CT molecular complexity index is 892. The van der Waals surface area contributed by atoms with Crippen LogP contribution in [-0.4, -0.2) is 45.2 Å². The standard InChI is InChI=1S/C22H23F2N5/c23-19-7-3-16(4-8-19)22(17-5-9-20(24)10-6-17)18-11-14-29(15-12-18)13-1-2-21-25-27-28-26-21/h3-10H,1-2,11-15H2,(H,25,26,27,28). The van der Waals surface area contributed by atoms with Crippen molar-refractivity contribution in [3.8, 4) is 0 Å². The van der Waals surface area contributed by atoms with Crippen LogP contribution < -0.4 is 0 Å². The van der Waals surface area contributed by atoms with Gasteiger partial charge in [0, 0.05) is 19.5 Å². The maximum Gasteiger partial charge on any atom is 0.174 e. The van der Waals surface area contributed by atoms with Crippen LogP contribution in [0.4, 0.5) is 8.78 Å². The summed E-state index contributed by atoms with van der Waals surface area (Å²) in [4.78, 5) is 2.44.